The highest BCUT2D eigenvalue weighted by molar-refractivity contribution is 5.71. The smallest absolute Gasteiger partial charge is 0.307 e. The monoisotopic (exact) mass is 468 g/mol. The van der Waals surface area contributed by atoms with Gasteiger partial charge in [-0.15, -0.1) is 0 Å². The molecule has 4 heteroatoms. The lowest BCUT2D eigenvalue weighted by Crippen LogP contribution is -2.21. The Morgan fingerprint density at radius 3 is 1.33 bits per heavy atom. The van der Waals surface area contributed by atoms with E-state index in [0.29, 0.717) is 12.8 Å². The standard InChI is InChI=1S/C29H56O4/c1-3-5-7-9-11-13-14-15-16-17-19-21-23-25-29(32)33-27(26-28(30)31)24-22-20-18-12-10-8-6-4-2/h27H,3-26H2,1-2H3,(H,30,31). The summed E-state index contributed by atoms with van der Waals surface area (Å²) in [5, 5.41) is 9.13. The van der Waals surface area contributed by atoms with Crippen LogP contribution in [0.4, 0.5) is 0 Å². The number of carbonyl (C=O) groups excluding carboxylic acids is 1. The van der Waals surface area contributed by atoms with Crippen molar-refractivity contribution in [1.29, 1.82) is 0 Å². The second-order valence-corrected chi connectivity index (χ2v) is 9.97. The van der Waals surface area contributed by atoms with Gasteiger partial charge < -0.3 is 9.84 Å². The summed E-state index contributed by atoms with van der Waals surface area (Å²) in [6.07, 6.45) is 26.9. The maximum absolute atomic E-state index is 12.2. The zero-order valence-electron chi connectivity index (χ0n) is 22.2. The zero-order chi connectivity index (χ0) is 24.4. The molecule has 0 aliphatic carbocycles. The molecule has 0 saturated heterocycles. The summed E-state index contributed by atoms with van der Waals surface area (Å²) in [6, 6.07) is 0. The van der Waals surface area contributed by atoms with Gasteiger partial charge in [-0.1, -0.05) is 136 Å². The summed E-state index contributed by atoms with van der Waals surface area (Å²) in [5.41, 5.74) is 0. The van der Waals surface area contributed by atoms with Crippen LogP contribution in [0.3, 0.4) is 0 Å². The number of unbranched alkanes of at least 4 members (excludes halogenated alkanes) is 19. The molecule has 0 heterocycles. The number of esters is 1. The van der Waals surface area contributed by atoms with Gasteiger partial charge in [0, 0.05) is 6.42 Å². The molecule has 1 atom stereocenters. The molecule has 0 aromatic heterocycles. The molecule has 33 heavy (non-hydrogen) atoms. The van der Waals surface area contributed by atoms with E-state index in [0.717, 1.165) is 25.7 Å². The highest BCUT2D eigenvalue weighted by Crippen LogP contribution is 2.16. The number of ether oxygens (including phenoxy) is 1. The van der Waals surface area contributed by atoms with Crippen LogP contribution >= 0.6 is 0 Å². The van der Waals surface area contributed by atoms with Crippen LogP contribution in [-0.2, 0) is 14.3 Å². The van der Waals surface area contributed by atoms with Crippen LogP contribution in [0.2, 0.25) is 0 Å². The summed E-state index contributed by atoms with van der Waals surface area (Å²) in [6.45, 7) is 4.49. The van der Waals surface area contributed by atoms with E-state index in [1.807, 2.05) is 0 Å². The molecule has 1 unspecified atom stereocenters. The molecule has 196 valence electrons. The Morgan fingerprint density at radius 2 is 0.939 bits per heavy atom. The normalized spacial score (nSPS) is 12.1. The Hall–Kier alpha value is -1.06. The maximum atomic E-state index is 12.2. The molecular formula is C29H56O4. The molecule has 0 aliphatic rings. The van der Waals surface area contributed by atoms with Gasteiger partial charge in [-0.25, -0.2) is 0 Å². The minimum absolute atomic E-state index is 0.0686. The van der Waals surface area contributed by atoms with E-state index in [1.54, 1.807) is 0 Å². The molecule has 0 spiro atoms. The van der Waals surface area contributed by atoms with Gasteiger partial charge in [-0.05, 0) is 19.3 Å². The number of aliphatic carboxylic acids is 1. The van der Waals surface area contributed by atoms with Crippen molar-refractivity contribution >= 4 is 11.9 Å². The molecule has 1 N–H and O–H groups in total. The second-order valence-electron chi connectivity index (χ2n) is 9.97. The fraction of sp³-hybridized carbons (Fsp3) is 0.931. The lowest BCUT2D eigenvalue weighted by molar-refractivity contribution is -0.153. The average molecular weight is 469 g/mol. The van der Waals surface area contributed by atoms with E-state index in [2.05, 4.69) is 13.8 Å². The quantitative estimate of drug-likeness (QED) is 0.101. The molecular weight excluding hydrogens is 412 g/mol. The Morgan fingerprint density at radius 1 is 0.576 bits per heavy atom. The largest absolute Gasteiger partial charge is 0.481 e. The minimum atomic E-state index is -0.881. The van der Waals surface area contributed by atoms with E-state index in [4.69, 9.17) is 9.84 Å². The maximum Gasteiger partial charge on any atom is 0.307 e. The average Bonchev–Trinajstić information content (AvgIpc) is 2.78. The van der Waals surface area contributed by atoms with Crippen LogP contribution in [0.5, 0.6) is 0 Å². The predicted molar refractivity (Wildman–Crippen MR) is 140 cm³/mol. The van der Waals surface area contributed by atoms with Crippen LogP contribution in [-0.4, -0.2) is 23.1 Å². The Kier molecular flexibility index (Phi) is 24.7. The van der Waals surface area contributed by atoms with Gasteiger partial charge in [0.25, 0.3) is 0 Å². The van der Waals surface area contributed by atoms with Gasteiger partial charge in [-0.2, -0.15) is 0 Å². The molecule has 0 fully saturated rings. The van der Waals surface area contributed by atoms with Crippen molar-refractivity contribution < 1.29 is 19.4 Å². The predicted octanol–water partition coefficient (Wildman–Crippen LogP) is 9.39. The molecule has 4 nitrogen and oxygen atoms in total. The molecule has 0 aromatic rings. The third kappa shape index (κ3) is 25.4. The van der Waals surface area contributed by atoms with Gasteiger partial charge in [-0.3, -0.25) is 9.59 Å². The Labute approximate surface area is 205 Å². The highest BCUT2D eigenvalue weighted by Gasteiger charge is 2.17. The number of carbonyl (C=O) groups is 2. The van der Waals surface area contributed by atoms with Gasteiger partial charge in [0.15, 0.2) is 0 Å². The summed E-state index contributed by atoms with van der Waals surface area (Å²) in [7, 11) is 0. The van der Waals surface area contributed by atoms with E-state index in [-0.39, 0.29) is 12.4 Å². The summed E-state index contributed by atoms with van der Waals surface area (Å²) >= 11 is 0. The van der Waals surface area contributed by atoms with Gasteiger partial charge in [0.2, 0.25) is 0 Å². The first-order valence-electron chi connectivity index (χ1n) is 14.5. The van der Waals surface area contributed by atoms with E-state index in [1.165, 1.54) is 109 Å². The first kappa shape index (κ1) is 31.9. The first-order chi connectivity index (χ1) is 16.1. The number of hydrogen-bond acceptors (Lipinski definition) is 3. The second kappa shape index (κ2) is 25.6. The van der Waals surface area contributed by atoms with Crippen molar-refractivity contribution in [3.05, 3.63) is 0 Å². The molecule has 0 rings (SSSR count). The van der Waals surface area contributed by atoms with Crippen molar-refractivity contribution in [3.63, 3.8) is 0 Å². The van der Waals surface area contributed by atoms with E-state index < -0.39 is 12.1 Å². The number of carboxylic acid groups (broad SMARTS) is 1. The van der Waals surface area contributed by atoms with Gasteiger partial charge >= 0.3 is 11.9 Å². The van der Waals surface area contributed by atoms with Crippen molar-refractivity contribution in [2.45, 2.75) is 174 Å². The van der Waals surface area contributed by atoms with Crippen LogP contribution < -0.4 is 0 Å². The number of rotatable bonds is 26. The van der Waals surface area contributed by atoms with Crippen molar-refractivity contribution in [2.75, 3.05) is 0 Å². The SMILES string of the molecule is CCCCCCCCCCCCCCCC(=O)OC(CCCCCCCCCC)CC(=O)O. The van der Waals surface area contributed by atoms with E-state index in [9.17, 15) is 9.59 Å². The molecule has 0 saturated carbocycles. The first-order valence-corrected chi connectivity index (χ1v) is 14.5. The Bertz CT molecular complexity index is 435. The van der Waals surface area contributed by atoms with Crippen LogP contribution in [0.1, 0.15) is 168 Å². The highest BCUT2D eigenvalue weighted by atomic mass is 16.5. The van der Waals surface area contributed by atoms with Crippen molar-refractivity contribution in [2.24, 2.45) is 0 Å². The van der Waals surface area contributed by atoms with Crippen LogP contribution in [0, 0.1) is 0 Å². The topological polar surface area (TPSA) is 63.6 Å². The van der Waals surface area contributed by atoms with Crippen molar-refractivity contribution in [1.82, 2.24) is 0 Å². The summed E-state index contributed by atoms with van der Waals surface area (Å²) in [4.78, 5) is 23.3. The van der Waals surface area contributed by atoms with Crippen LogP contribution in [0.15, 0.2) is 0 Å². The number of carboxylic acids is 1. The molecule has 0 aliphatic heterocycles. The fourth-order valence-electron chi connectivity index (χ4n) is 4.44. The lowest BCUT2D eigenvalue weighted by atomic mass is 10.0. The summed E-state index contributed by atoms with van der Waals surface area (Å²) in [5.74, 6) is -1.10. The van der Waals surface area contributed by atoms with Gasteiger partial charge in [0.05, 0.1) is 6.42 Å². The summed E-state index contributed by atoms with van der Waals surface area (Å²) < 4.78 is 5.51. The third-order valence-corrected chi connectivity index (χ3v) is 6.56. The number of hydrogen-bond donors (Lipinski definition) is 1. The fourth-order valence-corrected chi connectivity index (χ4v) is 4.44. The van der Waals surface area contributed by atoms with Gasteiger partial charge in [0.1, 0.15) is 6.10 Å². The van der Waals surface area contributed by atoms with Crippen LogP contribution in [0.25, 0.3) is 0 Å². The lowest BCUT2D eigenvalue weighted by Gasteiger charge is -2.16. The molecule has 0 aromatic carbocycles. The van der Waals surface area contributed by atoms with Crippen molar-refractivity contribution in [3.8, 4) is 0 Å². The van der Waals surface area contributed by atoms with E-state index >= 15 is 0 Å². The molecule has 0 radical (unpaired) electrons. The zero-order valence-corrected chi connectivity index (χ0v) is 22.2. The molecule has 0 bridgehead atoms. The third-order valence-electron chi connectivity index (χ3n) is 6.56. The minimum Gasteiger partial charge on any atom is -0.481 e. The molecule has 0 amide bonds. The Balaban J connectivity index is 3.66.